The van der Waals surface area contributed by atoms with E-state index in [9.17, 15) is 19.0 Å². The van der Waals surface area contributed by atoms with Gasteiger partial charge in [0.1, 0.15) is 6.10 Å². The lowest BCUT2D eigenvalue weighted by molar-refractivity contribution is 0.0199. The molecule has 0 saturated heterocycles. The topological polar surface area (TPSA) is 61.7 Å². The van der Waals surface area contributed by atoms with Gasteiger partial charge >= 0.3 is 0 Å². The quantitative estimate of drug-likeness (QED) is 0.712. The second kappa shape index (κ2) is 5.90. The number of likely N-dealkylation sites (N-methyl/N-ethyl adjacent to an activating group) is 1. The summed E-state index contributed by atoms with van der Waals surface area (Å²) >= 11 is 0. The van der Waals surface area contributed by atoms with Gasteiger partial charge in [-0.3, -0.25) is 0 Å². The van der Waals surface area contributed by atoms with Gasteiger partial charge in [-0.15, -0.1) is 0 Å². The smallest absolute Gasteiger partial charge is 0.200 e. The van der Waals surface area contributed by atoms with E-state index in [0.717, 1.165) is 12.1 Å². The molecule has 1 aromatic carbocycles. The molecule has 0 radical (unpaired) electrons. The first-order valence-corrected chi connectivity index (χ1v) is 5.05. The van der Waals surface area contributed by atoms with Crippen LogP contribution in [-0.2, 0) is 0 Å². The minimum atomic E-state index is -1.31. The van der Waals surface area contributed by atoms with E-state index < -0.39 is 23.8 Å². The summed E-state index contributed by atoms with van der Waals surface area (Å²) in [5, 5.41) is 21.9. The molecule has 0 fully saturated rings. The van der Waals surface area contributed by atoms with Crippen molar-refractivity contribution < 1.29 is 23.7 Å². The Hall–Kier alpha value is -1.24. The Morgan fingerprint density at radius 1 is 1.35 bits per heavy atom. The highest BCUT2D eigenvalue weighted by molar-refractivity contribution is 5.33. The highest BCUT2D eigenvalue weighted by Gasteiger charge is 2.21. The second-order valence-corrected chi connectivity index (χ2v) is 3.59. The van der Waals surface area contributed by atoms with Gasteiger partial charge in [-0.05, 0) is 24.7 Å². The number of hydrogen-bond acceptors (Lipinski definition) is 4. The number of aliphatic hydroxyl groups is 2. The Labute approximate surface area is 97.8 Å². The zero-order valence-corrected chi connectivity index (χ0v) is 9.58. The van der Waals surface area contributed by atoms with Crippen molar-refractivity contribution in [2.75, 3.05) is 20.7 Å². The van der Waals surface area contributed by atoms with Gasteiger partial charge in [0.2, 0.25) is 5.82 Å². The monoisotopic (exact) mass is 247 g/mol. The van der Waals surface area contributed by atoms with Crippen molar-refractivity contribution in [2.24, 2.45) is 0 Å². The van der Waals surface area contributed by atoms with Crippen molar-refractivity contribution in [1.29, 1.82) is 0 Å². The number of aliphatic hydroxyl groups excluding tert-OH is 2. The molecule has 4 nitrogen and oxygen atoms in total. The fourth-order valence-electron chi connectivity index (χ4n) is 1.45. The van der Waals surface area contributed by atoms with Crippen molar-refractivity contribution in [3.05, 3.63) is 29.3 Å². The highest BCUT2D eigenvalue weighted by atomic mass is 19.2. The maximum atomic E-state index is 13.2. The lowest BCUT2D eigenvalue weighted by atomic mass is 10.0. The molecular weight excluding hydrogens is 232 g/mol. The standard InChI is InChI=1S/C11H15F2NO3/c1-14-5-8(15)11(16)6-3-7(12)10(13)9(4-6)17-2/h3-4,8,11,14-16H,5H2,1-2H3. The number of ether oxygens (including phenoxy) is 1. The van der Waals surface area contributed by atoms with E-state index in [-0.39, 0.29) is 17.9 Å². The predicted octanol–water partition coefficient (Wildman–Crippen LogP) is 0.587. The maximum Gasteiger partial charge on any atom is 0.200 e. The molecule has 0 aliphatic rings. The van der Waals surface area contributed by atoms with Gasteiger partial charge in [-0.2, -0.15) is 4.39 Å². The lowest BCUT2D eigenvalue weighted by Gasteiger charge is -2.18. The summed E-state index contributed by atoms with van der Waals surface area (Å²) in [5.74, 6) is -2.56. The van der Waals surface area contributed by atoms with Gasteiger partial charge in [-0.1, -0.05) is 0 Å². The van der Waals surface area contributed by atoms with Gasteiger partial charge < -0.3 is 20.3 Å². The van der Waals surface area contributed by atoms with Gasteiger partial charge in [0.15, 0.2) is 11.6 Å². The third kappa shape index (κ3) is 3.12. The van der Waals surface area contributed by atoms with Crippen LogP contribution in [0.3, 0.4) is 0 Å². The zero-order valence-electron chi connectivity index (χ0n) is 9.58. The van der Waals surface area contributed by atoms with Gasteiger partial charge in [-0.25, -0.2) is 4.39 Å². The number of hydrogen-bond donors (Lipinski definition) is 3. The average molecular weight is 247 g/mol. The molecule has 0 bridgehead atoms. The molecular formula is C11H15F2NO3. The fourth-order valence-corrected chi connectivity index (χ4v) is 1.45. The minimum absolute atomic E-state index is 0.0588. The van der Waals surface area contributed by atoms with Crippen LogP contribution in [0, 0.1) is 11.6 Å². The summed E-state index contributed by atoms with van der Waals surface area (Å²) in [6, 6.07) is 1.99. The summed E-state index contributed by atoms with van der Waals surface area (Å²) in [5.41, 5.74) is 0.0588. The van der Waals surface area contributed by atoms with Gasteiger partial charge in [0, 0.05) is 6.54 Å². The van der Waals surface area contributed by atoms with Crippen LogP contribution in [-0.4, -0.2) is 37.0 Å². The molecule has 17 heavy (non-hydrogen) atoms. The molecule has 1 aromatic rings. The van der Waals surface area contributed by atoms with Crippen molar-refractivity contribution >= 4 is 0 Å². The number of nitrogens with one attached hydrogen (secondary N) is 1. The Balaban J connectivity index is 3.02. The molecule has 2 unspecified atom stereocenters. The molecule has 0 amide bonds. The van der Waals surface area contributed by atoms with Crippen molar-refractivity contribution in [1.82, 2.24) is 5.32 Å². The van der Waals surface area contributed by atoms with Crippen LogP contribution >= 0.6 is 0 Å². The van der Waals surface area contributed by atoms with Crippen molar-refractivity contribution in [3.63, 3.8) is 0 Å². The molecule has 0 aliphatic carbocycles. The summed E-state index contributed by atoms with van der Waals surface area (Å²) < 4.78 is 30.9. The first kappa shape index (κ1) is 13.8. The molecule has 1 rings (SSSR count). The number of rotatable bonds is 5. The van der Waals surface area contributed by atoms with E-state index in [4.69, 9.17) is 0 Å². The molecule has 6 heteroatoms. The second-order valence-electron chi connectivity index (χ2n) is 3.59. The van der Waals surface area contributed by atoms with Gasteiger partial charge in [0.05, 0.1) is 13.2 Å². The minimum Gasteiger partial charge on any atom is -0.494 e. The predicted molar refractivity (Wildman–Crippen MR) is 57.8 cm³/mol. The Kier molecular flexibility index (Phi) is 4.80. The molecule has 0 aliphatic heterocycles. The highest BCUT2D eigenvalue weighted by Crippen LogP contribution is 2.26. The SMILES string of the molecule is CNCC(O)C(O)c1cc(F)c(F)c(OC)c1. The van der Waals surface area contributed by atoms with Crippen molar-refractivity contribution in [2.45, 2.75) is 12.2 Å². The number of benzene rings is 1. The molecule has 96 valence electrons. The molecule has 0 heterocycles. The maximum absolute atomic E-state index is 13.2. The van der Waals surface area contributed by atoms with Crippen LogP contribution < -0.4 is 10.1 Å². The Morgan fingerprint density at radius 2 is 2.00 bits per heavy atom. The third-order valence-corrected chi connectivity index (χ3v) is 2.36. The zero-order chi connectivity index (χ0) is 13.0. The van der Waals surface area contributed by atoms with E-state index in [1.807, 2.05) is 0 Å². The lowest BCUT2D eigenvalue weighted by Crippen LogP contribution is -2.29. The van der Waals surface area contributed by atoms with Crippen LogP contribution in [0.2, 0.25) is 0 Å². The number of halogens is 2. The molecule has 3 N–H and O–H groups in total. The molecule has 0 aromatic heterocycles. The molecule has 0 saturated carbocycles. The normalized spacial score (nSPS) is 14.5. The molecule has 0 spiro atoms. The fraction of sp³-hybridized carbons (Fsp3) is 0.455. The molecule has 2 atom stereocenters. The summed E-state index contributed by atoms with van der Waals surface area (Å²) in [6.45, 7) is 0.127. The van der Waals surface area contributed by atoms with E-state index in [0.29, 0.717) is 0 Å². The number of methoxy groups -OCH3 is 1. The largest absolute Gasteiger partial charge is 0.494 e. The summed E-state index contributed by atoms with van der Waals surface area (Å²) in [6.07, 6.45) is -2.43. The summed E-state index contributed by atoms with van der Waals surface area (Å²) in [4.78, 5) is 0. The van der Waals surface area contributed by atoms with Crippen LogP contribution in [0.15, 0.2) is 12.1 Å². The van der Waals surface area contributed by atoms with Gasteiger partial charge in [0.25, 0.3) is 0 Å². The van der Waals surface area contributed by atoms with Crippen molar-refractivity contribution in [3.8, 4) is 5.75 Å². The summed E-state index contributed by atoms with van der Waals surface area (Å²) in [7, 11) is 2.79. The van der Waals surface area contributed by atoms with E-state index in [1.165, 1.54) is 7.11 Å². The van der Waals surface area contributed by atoms with Crippen LogP contribution in [0.4, 0.5) is 8.78 Å². The first-order valence-electron chi connectivity index (χ1n) is 5.05. The Bertz CT molecular complexity index is 387. The third-order valence-electron chi connectivity index (χ3n) is 2.36. The van der Waals surface area contributed by atoms with Crippen LogP contribution in [0.25, 0.3) is 0 Å². The van der Waals surface area contributed by atoms with Crippen LogP contribution in [0.5, 0.6) is 5.75 Å². The van der Waals surface area contributed by atoms with E-state index in [1.54, 1.807) is 7.05 Å². The average Bonchev–Trinajstić information content (AvgIpc) is 2.31. The Morgan fingerprint density at radius 3 is 2.53 bits per heavy atom. The van der Waals surface area contributed by atoms with E-state index >= 15 is 0 Å². The van der Waals surface area contributed by atoms with Crippen LogP contribution in [0.1, 0.15) is 11.7 Å². The first-order chi connectivity index (χ1) is 8.01. The van der Waals surface area contributed by atoms with E-state index in [2.05, 4.69) is 10.1 Å².